The van der Waals surface area contributed by atoms with E-state index in [1.54, 1.807) is 6.92 Å². The van der Waals surface area contributed by atoms with Crippen LogP contribution in [0.4, 0.5) is 0 Å². The van der Waals surface area contributed by atoms with E-state index in [2.05, 4.69) is 20.6 Å². The van der Waals surface area contributed by atoms with Gasteiger partial charge in [0.15, 0.2) is 0 Å². The number of quaternary nitrogens is 1. The van der Waals surface area contributed by atoms with Gasteiger partial charge in [-0.15, -0.1) is 0 Å². The predicted molar refractivity (Wildman–Crippen MR) is 48.1 cm³/mol. The van der Waals surface area contributed by atoms with Crippen molar-refractivity contribution in [3.05, 3.63) is 12.2 Å². The lowest BCUT2D eigenvalue weighted by molar-refractivity contribution is -0.877. The molecule has 0 saturated carbocycles. The molecule has 0 aromatic rings. The van der Waals surface area contributed by atoms with Crippen LogP contribution < -0.4 is 4.90 Å². The Bertz CT molecular complexity index is 166. The van der Waals surface area contributed by atoms with Gasteiger partial charge in [0.25, 0.3) is 0 Å². The number of esters is 1. The van der Waals surface area contributed by atoms with Crippen LogP contribution in [0.25, 0.3) is 0 Å². The highest BCUT2D eigenvalue weighted by atomic mass is 16.5. The van der Waals surface area contributed by atoms with Crippen molar-refractivity contribution < 1.29 is 14.4 Å². The molecular formula is C9H18NO2+. The molecule has 0 spiro atoms. The second-order valence-electron chi connectivity index (χ2n) is 2.98. The minimum Gasteiger partial charge on any atom is -0.456 e. The normalized spacial score (nSPS) is 12.2. The number of rotatable bonds is 5. The Kier molecular flexibility index (Phi) is 5.37. The van der Waals surface area contributed by atoms with Crippen molar-refractivity contribution in [1.82, 2.24) is 0 Å². The molecule has 12 heavy (non-hydrogen) atoms. The van der Waals surface area contributed by atoms with Gasteiger partial charge in [0.1, 0.15) is 13.2 Å². The van der Waals surface area contributed by atoms with Crippen molar-refractivity contribution in [1.29, 1.82) is 0 Å². The first-order valence-electron chi connectivity index (χ1n) is 4.21. The molecule has 0 aromatic carbocycles. The Balaban J connectivity index is 3.44. The maximum Gasteiger partial charge on any atom is 0.333 e. The van der Waals surface area contributed by atoms with E-state index >= 15 is 0 Å². The van der Waals surface area contributed by atoms with Gasteiger partial charge in [0.2, 0.25) is 0 Å². The number of hydrogen-bond donors (Lipinski definition) is 1. The monoisotopic (exact) mass is 172 g/mol. The van der Waals surface area contributed by atoms with Gasteiger partial charge in [-0.1, -0.05) is 6.58 Å². The molecule has 1 atom stereocenters. The fraction of sp³-hybridized carbons (Fsp3) is 0.667. The third-order valence-corrected chi connectivity index (χ3v) is 1.71. The first-order valence-corrected chi connectivity index (χ1v) is 4.21. The van der Waals surface area contributed by atoms with Crippen LogP contribution in [0.15, 0.2) is 12.2 Å². The summed E-state index contributed by atoms with van der Waals surface area (Å²) in [7, 11) is 2.06. The number of ether oxygens (including phenoxy) is 1. The summed E-state index contributed by atoms with van der Waals surface area (Å²) >= 11 is 0. The molecule has 1 N–H and O–H groups in total. The van der Waals surface area contributed by atoms with Crippen molar-refractivity contribution in [3.8, 4) is 0 Å². The molecule has 0 heterocycles. The van der Waals surface area contributed by atoms with Gasteiger partial charge in [0, 0.05) is 5.57 Å². The van der Waals surface area contributed by atoms with Crippen molar-refractivity contribution in [2.75, 3.05) is 26.7 Å². The summed E-state index contributed by atoms with van der Waals surface area (Å²) < 4.78 is 4.92. The molecule has 0 bridgehead atoms. The van der Waals surface area contributed by atoms with Crippen molar-refractivity contribution in [3.63, 3.8) is 0 Å². The fourth-order valence-electron chi connectivity index (χ4n) is 0.618. The smallest absolute Gasteiger partial charge is 0.333 e. The molecule has 70 valence electrons. The van der Waals surface area contributed by atoms with Crippen LogP contribution in [0.1, 0.15) is 13.8 Å². The highest BCUT2D eigenvalue weighted by Gasteiger charge is 2.04. The van der Waals surface area contributed by atoms with Gasteiger partial charge in [0.05, 0.1) is 13.6 Å². The van der Waals surface area contributed by atoms with E-state index < -0.39 is 0 Å². The minimum absolute atomic E-state index is 0.293. The zero-order valence-corrected chi connectivity index (χ0v) is 8.14. The molecule has 0 amide bonds. The van der Waals surface area contributed by atoms with E-state index in [-0.39, 0.29) is 5.97 Å². The number of nitrogens with one attached hydrogen (secondary N) is 1. The Morgan fingerprint density at radius 1 is 1.58 bits per heavy atom. The highest BCUT2D eigenvalue weighted by Crippen LogP contribution is 1.89. The molecule has 0 aliphatic heterocycles. The highest BCUT2D eigenvalue weighted by molar-refractivity contribution is 5.86. The van der Waals surface area contributed by atoms with E-state index in [1.807, 2.05) is 0 Å². The van der Waals surface area contributed by atoms with E-state index in [4.69, 9.17) is 4.74 Å². The van der Waals surface area contributed by atoms with Crippen LogP contribution in [0, 0.1) is 0 Å². The SMILES string of the molecule is C=C(C)C(=O)OCC[NH+](C)CC. The summed E-state index contributed by atoms with van der Waals surface area (Å²) in [5, 5.41) is 0. The maximum atomic E-state index is 10.9. The minimum atomic E-state index is -0.293. The Morgan fingerprint density at radius 3 is 2.58 bits per heavy atom. The second kappa shape index (κ2) is 5.77. The van der Waals surface area contributed by atoms with E-state index in [9.17, 15) is 4.79 Å². The van der Waals surface area contributed by atoms with E-state index in [0.717, 1.165) is 13.1 Å². The summed E-state index contributed by atoms with van der Waals surface area (Å²) in [5.41, 5.74) is 0.462. The quantitative estimate of drug-likeness (QED) is 0.453. The van der Waals surface area contributed by atoms with E-state index in [1.165, 1.54) is 4.90 Å². The number of carbonyl (C=O) groups excluding carboxylic acids is 1. The third-order valence-electron chi connectivity index (χ3n) is 1.71. The molecule has 0 aromatic heterocycles. The number of carbonyl (C=O) groups is 1. The molecular weight excluding hydrogens is 154 g/mol. The fourth-order valence-corrected chi connectivity index (χ4v) is 0.618. The Hall–Kier alpha value is -0.830. The second-order valence-corrected chi connectivity index (χ2v) is 2.98. The molecule has 0 radical (unpaired) electrons. The van der Waals surface area contributed by atoms with Gasteiger partial charge in [-0.3, -0.25) is 0 Å². The maximum absolute atomic E-state index is 10.9. The molecule has 1 unspecified atom stereocenters. The van der Waals surface area contributed by atoms with Crippen LogP contribution in [0.3, 0.4) is 0 Å². The average molecular weight is 172 g/mol. The lowest BCUT2D eigenvalue weighted by atomic mass is 10.4. The van der Waals surface area contributed by atoms with Gasteiger partial charge in [-0.2, -0.15) is 0 Å². The van der Waals surface area contributed by atoms with Crippen LogP contribution >= 0.6 is 0 Å². The topological polar surface area (TPSA) is 30.7 Å². The molecule has 3 heteroatoms. The standard InChI is InChI=1S/C9H17NO2/c1-5-10(4)6-7-12-9(11)8(2)3/h2,5-7H2,1,3-4H3/p+1. The van der Waals surface area contributed by atoms with Gasteiger partial charge in [-0.25, -0.2) is 4.79 Å². The largest absolute Gasteiger partial charge is 0.456 e. The van der Waals surface area contributed by atoms with E-state index in [0.29, 0.717) is 12.2 Å². The number of likely N-dealkylation sites (N-methyl/N-ethyl adjacent to an activating group) is 1. The zero-order valence-electron chi connectivity index (χ0n) is 8.14. The molecule has 0 aliphatic rings. The first-order chi connectivity index (χ1) is 5.57. The Labute approximate surface area is 74.0 Å². The van der Waals surface area contributed by atoms with Gasteiger partial charge in [-0.05, 0) is 13.8 Å². The molecule has 0 aliphatic carbocycles. The molecule has 0 saturated heterocycles. The van der Waals surface area contributed by atoms with Crippen molar-refractivity contribution in [2.24, 2.45) is 0 Å². The van der Waals surface area contributed by atoms with Crippen LogP contribution in [-0.2, 0) is 9.53 Å². The third kappa shape index (κ3) is 4.91. The molecule has 0 fully saturated rings. The molecule has 0 rings (SSSR count). The van der Waals surface area contributed by atoms with Crippen LogP contribution in [-0.4, -0.2) is 32.7 Å². The van der Waals surface area contributed by atoms with Crippen molar-refractivity contribution >= 4 is 5.97 Å². The van der Waals surface area contributed by atoms with Crippen molar-refractivity contribution in [2.45, 2.75) is 13.8 Å². The number of hydrogen-bond acceptors (Lipinski definition) is 2. The van der Waals surface area contributed by atoms with Crippen LogP contribution in [0.5, 0.6) is 0 Å². The summed E-state index contributed by atoms with van der Waals surface area (Å²) in [5.74, 6) is -0.293. The van der Waals surface area contributed by atoms with Crippen LogP contribution in [0.2, 0.25) is 0 Å². The zero-order chi connectivity index (χ0) is 9.56. The summed E-state index contributed by atoms with van der Waals surface area (Å²) in [6, 6.07) is 0. The lowest BCUT2D eigenvalue weighted by Crippen LogP contribution is -3.09. The summed E-state index contributed by atoms with van der Waals surface area (Å²) in [6.45, 7) is 9.62. The average Bonchev–Trinajstić information content (AvgIpc) is 2.03. The first kappa shape index (κ1) is 11.2. The molecule has 3 nitrogen and oxygen atoms in total. The lowest BCUT2D eigenvalue weighted by Gasteiger charge is -2.10. The van der Waals surface area contributed by atoms with Gasteiger partial charge >= 0.3 is 5.97 Å². The van der Waals surface area contributed by atoms with Gasteiger partial charge < -0.3 is 9.64 Å². The summed E-state index contributed by atoms with van der Waals surface area (Å²) in [6.07, 6.45) is 0. The Morgan fingerprint density at radius 2 is 2.17 bits per heavy atom. The summed E-state index contributed by atoms with van der Waals surface area (Å²) in [4.78, 5) is 12.2. The predicted octanol–water partition coefficient (Wildman–Crippen LogP) is -0.360.